The molecule has 5 heteroatoms. The van der Waals surface area contributed by atoms with Gasteiger partial charge in [-0.1, -0.05) is 25.1 Å². The molecular weight excluding hydrogens is 242 g/mol. The Morgan fingerprint density at radius 3 is 2.89 bits per heavy atom. The highest BCUT2D eigenvalue weighted by Crippen LogP contribution is 2.35. The molecule has 1 aromatic carbocycles. The van der Waals surface area contributed by atoms with Gasteiger partial charge < -0.3 is 5.73 Å². The average molecular weight is 263 g/mol. The molecular formula is C14H21N3O2. The third-order valence-corrected chi connectivity index (χ3v) is 3.74. The lowest BCUT2D eigenvalue weighted by molar-refractivity contribution is -0.386. The van der Waals surface area contributed by atoms with Crippen molar-refractivity contribution < 1.29 is 4.92 Å². The van der Waals surface area contributed by atoms with Crippen LogP contribution in [0.2, 0.25) is 0 Å². The summed E-state index contributed by atoms with van der Waals surface area (Å²) in [5.41, 5.74) is 7.18. The number of benzene rings is 1. The number of hydrogen-bond donors (Lipinski definition) is 1. The predicted octanol–water partition coefficient (Wildman–Crippen LogP) is 2.47. The number of nitrogens with zero attached hydrogens (tertiary/aromatic N) is 2. The Morgan fingerprint density at radius 2 is 2.21 bits per heavy atom. The molecule has 2 rings (SSSR count). The van der Waals surface area contributed by atoms with Crippen LogP contribution < -0.4 is 5.73 Å². The van der Waals surface area contributed by atoms with Crippen molar-refractivity contribution in [1.82, 2.24) is 4.90 Å². The van der Waals surface area contributed by atoms with Crippen LogP contribution in [0, 0.1) is 10.1 Å². The first kappa shape index (κ1) is 14.0. The molecule has 1 aromatic rings. The van der Waals surface area contributed by atoms with E-state index < -0.39 is 0 Å². The molecule has 1 aliphatic heterocycles. The first-order valence-electron chi connectivity index (χ1n) is 6.88. The van der Waals surface area contributed by atoms with E-state index in [0.717, 1.165) is 37.9 Å². The van der Waals surface area contributed by atoms with Crippen LogP contribution in [0.1, 0.15) is 37.8 Å². The molecule has 19 heavy (non-hydrogen) atoms. The fraction of sp³-hybridized carbons (Fsp3) is 0.571. The molecule has 0 amide bonds. The summed E-state index contributed by atoms with van der Waals surface area (Å²) in [4.78, 5) is 13.2. The van der Waals surface area contributed by atoms with E-state index in [1.165, 1.54) is 0 Å². The van der Waals surface area contributed by atoms with E-state index in [4.69, 9.17) is 5.73 Å². The second-order valence-electron chi connectivity index (χ2n) is 5.10. The third kappa shape index (κ3) is 2.93. The molecule has 1 fully saturated rings. The van der Waals surface area contributed by atoms with Gasteiger partial charge in [-0.15, -0.1) is 0 Å². The fourth-order valence-electron chi connectivity index (χ4n) is 2.97. The minimum atomic E-state index is -0.305. The zero-order valence-electron chi connectivity index (χ0n) is 11.3. The van der Waals surface area contributed by atoms with Gasteiger partial charge in [0.15, 0.2) is 0 Å². The first-order valence-corrected chi connectivity index (χ1v) is 6.88. The SMILES string of the molecule is CCCN1CCCC(N)C1c1ccccc1[N+](=O)[O-]. The maximum absolute atomic E-state index is 11.2. The lowest BCUT2D eigenvalue weighted by Crippen LogP contribution is -2.46. The molecule has 0 aliphatic carbocycles. The standard InChI is InChI=1S/C14H21N3O2/c1-2-9-16-10-5-7-12(15)14(16)11-6-3-4-8-13(11)17(18)19/h3-4,6,8,12,14H,2,5,7,9-10,15H2,1H3. The highest BCUT2D eigenvalue weighted by Gasteiger charge is 2.33. The van der Waals surface area contributed by atoms with Crippen LogP contribution in [0.5, 0.6) is 0 Å². The van der Waals surface area contributed by atoms with Gasteiger partial charge in [-0.05, 0) is 32.4 Å². The van der Waals surface area contributed by atoms with E-state index in [9.17, 15) is 10.1 Å². The van der Waals surface area contributed by atoms with Crippen LogP contribution in [0.15, 0.2) is 24.3 Å². The Kier molecular flexibility index (Phi) is 4.50. The van der Waals surface area contributed by atoms with Gasteiger partial charge in [0, 0.05) is 17.7 Å². The minimum absolute atomic E-state index is 0.0265. The predicted molar refractivity (Wildman–Crippen MR) is 74.9 cm³/mol. The van der Waals surface area contributed by atoms with Crippen LogP contribution in [0.3, 0.4) is 0 Å². The van der Waals surface area contributed by atoms with Gasteiger partial charge in [0.1, 0.15) is 0 Å². The van der Waals surface area contributed by atoms with Crippen molar-refractivity contribution in [2.24, 2.45) is 5.73 Å². The molecule has 104 valence electrons. The van der Waals surface area contributed by atoms with Crippen molar-refractivity contribution in [3.8, 4) is 0 Å². The highest BCUT2D eigenvalue weighted by molar-refractivity contribution is 5.43. The summed E-state index contributed by atoms with van der Waals surface area (Å²) in [5, 5.41) is 11.2. The Balaban J connectivity index is 2.38. The quantitative estimate of drug-likeness (QED) is 0.669. The van der Waals surface area contributed by atoms with Crippen molar-refractivity contribution in [3.05, 3.63) is 39.9 Å². The molecule has 1 saturated heterocycles. The normalized spacial score (nSPS) is 24.3. The van der Waals surface area contributed by atoms with Gasteiger partial charge in [0.25, 0.3) is 5.69 Å². The molecule has 0 spiro atoms. The smallest absolute Gasteiger partial charge is 0.274 e. The molecule has 2 atom stereocenters. The lowest BCUT2D eigenvalue weighted by atomic mass is 9.90. The lowest BCUT2D eigenvalue weighted by Gasteiger charge is -2.39. The maximum Gasteiger partial charge on any atom is 0.274 e. The van der Waals surface area contributed by atoms with Crippen LogP contribution >= 0.6 is 0 Å². The van der Waals surface area contributed by atoms with E-state index >= 15 is 0 Å². The Hall–Kier alpha value is -1.46. The van der Waals surface area contributed by atoms with Crippen LogP contribution in [-0.2, 0) is 0 Å². The zero-order valence-corrected chi connectivity index (χ0v) is 11.3. The molecule has 1 aliphatic rings. The number of rotatable bonds is 4. The molecule has 1 heterocycles. The summed E-state index contributed by atoms with van der Waals surface area (Å²) < 4.78 is 0. The number of nitro benzene ring substituents is 1. The van der Waals surface area contributed by atoms with Gasteiger partial charge in [-0.25, -0.2) is 0 Å². The summed E-state index contributed by atoms with van der Waals surface area (Å²) in [6.07, 6.45) is 3.03. The Bertz CT molecular complexity index is 448. The first-order chi connectivity index (χ1) is 9.15. The summed E-state index contributed by atoms with van der Waals surface area (Å²) in [5.74, 6) is 0. The molecule has 0 saturated carbocycles. The molecule has 2 N–H and O–H groups in total. The van der Waals surface area contributed by atoms with Crippen LogP contribution in [-0.4, -0.2) is 29.0 Å². The second-order valence-corrected chi connectivity index (χ2v) is 5.10. The van der Waals surface area contributed by atoms with Gasteiger partial charge in [-0.2, -0.15) is 0 Å². The van der Waals surface area contributed by atoms with E-state index in [2.05, 4.69) is 11.8 Å². The van der Waals surface area contributed by atoms with Gasteiger partial charge >= 0.3 is 0 Å². The number of hydrogen-bond acceptors (Lipinski definition) is 4. The van der Waals surface area contributed by atoms with Crippen molar-refractivity contribution in [1.29, 1.82) is 0 Å². The van der Waals surface area contributed by atoms with Gasteiger partial charge in [0.05, 0.1) is 11.0 Å². The van der Waals surface area contributed by atoms with Crippen molar-refractivity contribution in [2.45, 2.75) is 38.3 Å². The highest BCUT2D eigenvalue weighted by atomic mass is 16.6. The molecule has 0 aromatic heterocycles. The van der Waals surface area contributed by atoms with Crippen LogP contribution in [0.4, 0.5) is 5.69 Å². The fourth-order valence-corrected chi connectivity index (χ4v) is 2.97. The van der Waals surface area contributed by atoms with E-state index in [1.54, 1.807) is 12.1 Å². The topological polar surface area (TPSA) is 72.4 Å². The Labute approximate surface area is 113 Å². The van der Waals surface area contributed by atoms with E-state index in [-0.39, 0.29) is 22.7 Å². The summed E-state index contributed by atoms with van der Waals surface area (Å²) in [6.45, 7) is 4.03. The largest absolute Gasteiger partial charge is 0.326 e. The second kappa shape index (κ2) is 6.12. The summed E-state index contributed by atoms with van der Waals surface area (Å²) in [6, 6.07) is 6.92. The van der Waals surface area contributed by atoms with Gasteiger partial charge in [0.2, 0.25) is 0 Å². The van der Waals surface area contributed by atoms with E-state index in [0.29, 0.717) is 0 Å². The van der Waals surface area contributed by atoms with Crippen molar-refractivity contribution in [2.75, 3.05) is 13.1 Å². The molecule has 0 bridgehead atoms. The van der Waals surface area contributed by atoms with Crippen molar-refractivity contribution >= 4 is 5.69 Å². The minimum Gasteiger partial charge on any atom is -0.326 e. The Morgan fingerprint density at radius 1 is 1.47 bits per heavy atom. The third-order valence-electron chi connectivity index (χ3n) is 3.74. The van der Waals surface area contributed by atoms with Crippen molar-refractivity contribution in [3.63, 3.8) is 0 Å². The summed E-state index contributed by atoms with van der Waals surface area (Å²) in [7, 11) is 0. The summed E-state index contributed by atoms with van der Waals surface area (Å²) >= 11 is 0. The van der Waals surface area contributed by atoms with Crippen LogP contribution in [0.25, 0.3) is 0 Å². The molecule has 5 nitrogen and oxygen atoms in total. The number of para-hydroxylation sites is 1. The molecule has 0 radical (unpaired) electrons. The number of piperidine rings is 1. The average Bonchev–Trinajstić information content (AvgIpc) is 2.39. The number of nitro groups is 1. The van der Waals surface area contributed by atoms with E-state index in [1.807, 2.05) is 12.1 Å². The zero-order chi connectivity index (χ0) is 13.8. The number of nitrogens with two attached hydrogens (primary N) is 1. The van der Waals surface area contributed by atoms with Gasteiger partial charge in [-0.3, -0.25) is 15.0 Å². The maximum atomic E-state index is 11.2. The molecule has 2 unspecified atom stereocenters. The monoisotopic (exact) mass is 263 g/mol. The number of likely N-dealkylation sites (tertiary alicyclic amines) is 1.